The zero-order chi connectivity index (χ0) is 8.81. The van der Waals surface area contributed by atoms with Crippen molar-refractivity contribution in [3.05, 3.63) is 0 Å². The van der Waals surface area contributed by atoms with Crippen LogP contribution in [-0.4, -0.2) is 6.67 Å². The van der Waals surface area contributed by atoms with E-state index in [0.29, 0.717) is 0 Å². The van der Waals surface area contributed by atoms with E-state index >= 15 is 0 Å². The van der Waals surface area contributed by atoms with Crippen LogP contribution in [0.2, 0.25) is 0 Å². The van der Waals surface area contributed by atoms with E-state index in [1.807, 2.05) is 0 Å². The molecule has 0 aliphatic heterocycles. The van der Waals surface area contributed by atoms with Gasteiger partial charge in [0.1, 0.15) is 0 Å². The van der Waals surface area contributed by atoms with Gasteiger partial charge in [0.2, 0.25) is 0 Å². The van der Waals surface area contributed by atoms with Crippen LogP contribution in [0.25, 0.3) is 0 Å². The van der Waals surface area contributed by atoms with E-state index in [4.69, 9.17) is 0 Å². The van der Waals surface area contributed by atoms with E-state index in [1.54, 1.807) is 0 Å². The quantitative estimate of drug-likeness (QED) is 0.563. The van der Waals surface area contributed by atoms with Gasteiger partial charge in [-0.2, -0.15) is 0 Å². The number of alkyl halides is 1. The molecule has 0 aromatic rings. The van der Waals surface area contributed by atoms with Gasteiger partial charge >= 0.3 is 0 Å². The summed E-state index contributed by atoms with van der Waals surface area (Å²) in [5.41, 5.74) is 0. The first-order valence-electron chi connectivity index (χ1n) is 5.39. The molecule has 0 heterocycles. The molecular formula is C11H21F. The van der Waals surface area contributed by atoms with Crippen LogP contribution in [0, 0.1) is 11.8 Å². The highest BCUT2D eigenvalue weighted by Crippen LogP contribution is 2.31. The second-order valence-corrected chi connectivity index (χ2v) is 4.31. The fourth-order valence-corrected chi connectivity index (χ4v) is 2.15. The number of rotatable bonds is 4. The lowest BCUT2D eigenvalue weighted by atomic mass is 9.81. The highest BCUT2D eigenvalue weighted by atomic mass is 19.1. The molecule has 0 amide bonds. The van der Waals surface area contributed by atoms with Gasteiger partial charge in [0.15, 0.2) is 0 Å². The first kappa shape index (κ1) is 10.0. The van der Waals surface area contributed by atoms with Gasteiger partial charge in [0, 0.05) is 0 Å². The smallest absolute Gasteiger partial charge is 0.0894 e. The van der Waals surface area contributed by atoms with E-state index in [2.05, 4.69) is 6.92 Å². The van der Waals surface area contributed by atoms with Crippen molar-refractivity contribution >= 4 is 0 Å². The zero-order valence-corrected chi connectivity index (χ0v) is 8.19. The summed E-state index contributed by atoms with van der Waals surface area (Å²) in [4.78, 5) is 0. The number of halogens is 1. The molecule has 0 spiro atoms. The van der Waals surface area contributed by atoms with Gasteiger partial charge in [-0.05, 0) is 18.3 Å². The van der Waals surface area contributed by atoms with Crippen molar-refractivity contribution in [2.24, 2.45) is 11.8 Å². The van der Waals surface area contributed by atoms with Gasteiger partial charge in [-0.15, -0.1) is 0 Å². The van der Waals surface area contributed by atoms with Crippen molar-refractivity contribution in [3.63, 3.8) is 0 Å². The van der Waals surface area contributed by atoms with Crippen molar-refractivity contribution in [1.29, 1.82) is 0 Å². The molecule has 0 N–H and O–H groups in total. The maximum absolute atomic E-state index is 11.8. The molecule has 1 saturated carbocycles. The molecule has 0 saturated heterocycles. The summed E-state index contributed by atoms with van der Waals surface area (Å²) >= 11 is 0. The second kappa shape index (κ2) is 5.55. The van der Waals surface area contributed by atoms with E-state index in [1.165, 1.54) is 32.1 Å². The Bertz CT molecular complexity index is 104. The maximum Gasteiger partial charge on any atom is 0.0894 e. The first-order valence-corrected chi connectivity index (χ1v) is 5.39. The minimum Gasteiger partial charge on any atom is -0.251 e. The molecule has 1 aliphatic rings. The van der Waals surface area contributed by atoms with E-state index in [9.17, 15) is 4.39 Å². The van der Waals surface area contributed by atoms with Crippen LogP contribution in [0.15, 0.2) is 0 Å². The van der Waals surface area contributed by atoms with Crippen molar-refractivity contribution < 1.29 is 4.39 Å². The average molecular weight is 172 g/mol. The molecule has 1 rings (SSSR count). The predicted octanol–water partition coefficient (Wildman–Crippen LogP) is 3.95. The minimum absolute atomic E-state index is 0.122. The second-order valence-electron chi connectivity index (χ2n) is 4.31. The molecular weight excluding hydrogens is 151 g/mol. The van der Waals surface area contributed by atoms with Gasteiger partial charge in [-0.1, -0.05) is 45.4 Å². The average Bonchev–Trinajstić information content (AvgIpc) is 2.09. The summed E-state index contributed by atoms with van der Waals surface area (Å²) in [6, 6.07) is 0. The standard InChI is InChI=1S/C11H21F/c1-10-5-7-11(8-6-10)4-2-3-9-12/h10-11H,2-9H2,1H3. The van der Waals surface area contributed by atoms with Crippen molar-refractivity contribution in [2.45, 2.75) is 51.9 Å². The molecule has 1 fully saturated rings. The molecule has 12 heavy (non-hydrogen) atoms. The Morgan fingerprint density at radius 2 is 1.75 bits per heavy atom. The molecule has 0 bridgehead atoms. The Morgan fingerprint density at radius 3 is 2.33 bits per heavy atom. The topological polar surface area (TPSA) is 0 Å². The van der Waals surface area contributed by atoms with Crippen LogP contribution in [-0.2, 0) is 0 Å². The summed E-state index contributed by atoms with van der Waals surface area (Å²) in [6.07, 6.45) is 8.76. The number of unbranched alkanes of at least 4 members (excludes halogenated alkanes) is 1. The molecule has 0 nitrogen and oxygen atoms in total. The Labute approximate surface area is 75.5 Å². The predicted molar refractivity (Wildman–Crippen MR) is 50.9 cm³/mol. The van der Waals surface area contributed by atoms with Crippen molar-refractivity contribution in [3.8, 4) is 0 Å². The number of hydrogen-bond acceptors (Lipinski definition) is 0. The van der Waals surface area contributed by atoms with Crippen LogP contribution in [0.4, 0.5) is 4.39 Å². The van der Waals surface area contributed by atoms with Gasteiger partial charge in [-0.3, -0.25) is 4.39 Å². The van der Waals surface area contributed by atoms with Gasteiger partial charge in [0.05, 0.1) is 6.67 Å². The van der Waals surface area contributed by atoms with Gasteiger partial charge in [-0.25, -0.2) is 0 Å². The third-order valence-electron chi connectivity index (χ3n) is 3.13. The first-order chi connectivity index (χ1) is 5.83. The molecule has 72 valence electrons. The molecule has 0 aromatic carbocycles. The van der Waals surface area contributed by atoms with Crippen LogP contribution in [0.3, 0.4) is 0 Å². The summed E-state index contributed by atoms with van der Waals surface area (Å²) in [5, 5.41) is 0. The zero-order valence-electron chi connectivity index (χ0n) is 8.19. The van der Waals surface area contributed by atoms with Crippen LogP contribution < -0.4 is 0 Å². The third-order valence-corrected chi connectivity index (χ3v) is 3.13. The lowest BCUT2D eigenvalue weighted by Gasteiger charge is -2.25. The van der Waals surface area contributed by atoms with E-state index in [0.717, 1.165) is 24.7 Å². The van der Waals surface area contributed by atoms with Crippen molar-refractivity contribution in [1.82, 2.24) is 0 Å². The summed E-state index contributed by atoms with van der Waals surface area (Å²) < 4.78 is 11.8. The Kier molecular flexibility index (Phi) is 4.63. The largest absolute Gasteiger partial charge is 0.251 e. The minimum atomic E-state index is -0.122. The number of hydrogen-bond donors (Lipinski definition) is 0. The van der Waals surface area contributed by atoms with Crippen LogP contribution in [0.5, 0.6) is 0 Å². The van der Waals surface area contributed by atoms with E-state index < -0.39 is 0 Å². The van der Waals surface area contributed by atoms with Gasteiger partial charge < -0.3 is 0 Å². The SMILES string of the molecule is CC1CCC(CCCCF)CC1. The Hall–Kier alpha value is -0.0700. The highest BCUT2D eigenvalue weighted by Gasteiger charge is 2.17. The lowest BCUT2D eigenvalue weighted by molar-refractivity contribution is 0.269. The maximum atomic E-state index is 11.8. The van der Waals surface area contributed by atoms with Crippen LogP contribution in [0.1, 0.15) is 51.9 Å². The van der Waals surface area contributed by atoms with E-state index in [-0.39, 0.29) is 6.67 Å². The summed E-state index contributed by atoms with van der Waals surface area (Å²) in [6.45, 7) is 2.22. The fourth-order valence-electron chi connectivity index (χ4n) is 2.15. The normalized spacial score (nSPS) is 30.5. The third kappa shape index (κ3) is 3.55. The van der Waals surface area contributed by atoms with Gasteiger partial charge in [0.25, 0.3) is 0 Å². The molecule has 0 aromatic heterocycles. The fraction of sp³-hybridized carbons (Fsp3) is 1.00. The highest BCUT2D eigenvalue weighted by molar-refractivity contribution is 4.69. The summed E-state index contributed by atoms with van der Waals surface area (Å²) in [7, 11) is 0. The summed E-state index contributed by atoms with van der Waals surface area (Å²) in [5.74, 6) is 1.87. The molecule has 1 heteroatoms. The Morgan fingerprint density at radius 1 is 1.08 bits per heavy atom. The van der Waals surface area contributed by atoms with Crippen LogP contribution >= 0.6 is 0 Å². The molecule has 1 aliphatic carbocycles. The lowest BCUT2D eigenvalue weighted by Crippen LogP contribution is -2.12. The Balaban J connectivity index is 2.01. The monoisotopic (exact) mass is 172 g/mol. The van der Waals surface area contributed by atoms with Crippen molar-refractivity contribution in [2.75, 3.05) is 6.67 Å². The molecule has 0 atom stereocenters. The molecule has 0 unspecified atom stereocenters. The molecule has 0 radical (unpaired) electrons.